The Morgan fingerprint density at radius 2 is 1.81 bits per heavy atom. The van der Waals surface area contributed by atoms with Gasteiger partial charge in [0.25, 0.3) is 5.91 Å². The minimum Gasteiger partial charge on any atom is -0.507 e. The van der Waals surface area contributed by atoms with Gasteiger partial charge >= 0.3 is 0 Å². The first-order valence-corrected chi connectivity index (χ1v) is 9.37. The van der Waals surface area contributed by atoms with E-state index in [1.165, 1.54) is 6.07 Å². The first-order chi connectivity index (χ1) is 12.3. The molecule has 0 aliphatic carbocycles. The number of rotatable bonds is 5. The number of carbonyl (C=O) groups is 1. The molecule has 0 bridgehead atoms. The van der Waals surface area contributed by atoms with Crippen molar-refractivity contribution in [1.82, 2.24) is 20.9 Å². The van der Waals surface area contributed by atoms with Crippen molar-refractivity contribution >= 4 is 33.3 Å². The van der Waals surface area contributed by atoms with Crippen LogP contribution in [0, 0.1) is 0 Å². The highest BCUT2D eigenvalue weighted by Gasteiger charge is 2.19. The summed E-state index contributed by atoms with van der Waals surface area (Å²) in [6.07, 6.45) is 0. The standard InChI is InChI=1S/C16H18N4O4S2/c1-17-16(25)20-19-15(22)13-9-12(7-8-14(13)21)26(23,24)18-10-11-5-3-2-4-6-11/h2-9,18,21H,10H2,1H3,(H,19,22)(H2,17,20,25). The number of aromatic hydroxyl groups is 1. The van der Waals surface area contributed by atoms with Crippen LogP contribution in [0.5, 0.6) is 5.75 Å². The smallest absolute Gasteiger partial charge is 0.273 e. The van der Waals surface area contributed by atoms with E-state index in [0.29, 0.717) is 0 Å². The largest absolute Gasteiger partial charge is 0.507 e. The summed E-state index contributed by atoms with van der Waals surface area (Å²) in [5, 5.41) is 12.6. The number of hydrazine groups is 1. The molecule has 0 spiro atoms. The molecule has 0 radical (unpaired) electrons. The predicted octanol–water partition coefficient (Wildman–Crippen LogP) is 0.609. The van der Waals surface area contributed by atoms with E-state index in [1.807, 2.05) is 6.07 Å². The zero-order chi connectivity index (χ0) is 19.2. The molecule has 0 aliphatic heterocycles. The van der Waals surface area contributed by atoms with Crippen LogP contribution in [0.4, 0.5) is 0 Å². The summed E-state index contributed by atoms with van der Waals surface area (Å²) in [7, 11) is -2.31. The Labute approximate surface area is 156 Å². The van der Waals surface area contributed by atoms with E-state index < -0.39 is 15.9 Å². The van der Waals surface area contributed by atoms with Crippen LogP contribution >= 0.6 is 12.2 Å². The molecule has 2 aromatic carbocycles. The molecule has 8 nitrogen and oxygen atoms in total. The van der Waals surface area contributed by atoms with Gasteiger partial charge in [-0.1, -0.05) is 30.3 Å². The summed E-state index contributed by atoms with van der Waals surface area (Å²) in [5.41, 5.74) is 5.25. The number of amides is 1. The second-order valence-corrected chi connectivity index (χ2v) is 7.32. The highest BCUT2D eigenvalue weighted by Crippen LogP contribution is 2.21. The normalized spacial score (nSPS) is 10.8. The summed E-state index contributed by atoms with van der Waals surface area (Å²) < 4.78 is 27.3. The fraction of sp³-hybridized carbons (Fsp3) is 0.125. The maximum Gasteiger partial charge on any atom is 0.273 e. The van der Waals surface area contributed by atoms with Crippen molar-refractivity contribution in [2.45, 2.75) is 11.4 Å². The van der Waals surface area contributed by atoms with E-state index in [4.69, 9.17) is 12.2 Å². The highest BCUT2D eigenvalue weighted by molar-refractivity contribution is 7.89. The van der Waals surface area contributed by atoms with E-state index in [0.717, 1.165) is 17.7 Å². The molecule has 2 rings (SSSR count). The number of benzene rings is 2. The lowest BCUT2D eigenvalue weighted by molar-refractivity contribution is 0.0941. The third-order valence-corrected chi connectivity index (χ3v) is 5.05. The number of thiocarbonyl (C=S) groups is 1. The second kappa shape index (κ2) is 8.61. The number of phenols is 1. The number of sulfonamides is 1. The molecular weight excluding hydrogens is 376 g/mol. The van der Waals surface area contributed by atoms with Crippen molar-refractivity contribution in [3.8, 4) is 5.75 Å². The maximum atomic E-state index is 12.4. The Hall–Kier alpha value is -2.69. The average Bonchev–Trinajstić information content (AvgIpc) is 2.65. The molecule has 0 unspecified atom stereocenters. The average molecular weight is 394 g/mol. The van der Waals surface area contributed by atoms with Gasteiger partial charge in [0, 0.05) is 13.6 Å². The third-order valence-electron chi connectivity index (χ3n) is 3.35. The molecule has 138 valence electrons. The van der Waals surface area contributed by atoms with Gasteiger partial charge in [-0.15, -0.1) is 0 Å². The van der Waals surface area contributed by atoms with Gasteiger partial charge in [-0.05, 0) is 36.0 Å². The van der Waals surface area contributed by atoms with Gasteiger partial charge in [0.15, 0.2) is 5.11 Å². The zero-order valence-electron chi connectivity index (χ0n) is 13.8. The summed E-state index contributed by atoms with van der Waals surface area (Å²) in [6.45, 7) is 0.101. The molecular formula is C16H18N4O4S2. The third kappa shape index (κ3) is 5.15. The number of phenolic OH excluding ortho intramolecular Hbond substituents is 1. The van der Waals surface area contributed by atoms with Gasteiger partial charge in [-0.3, -0.25) is 15.6 Å². The number of hydrogen-bond acceptors (Lipinski definition) is 5. The van der Waals surface area contributed by atoms with Crippen LogP contribution in [0.25, 0.3) is 0 Å². The van der Waals surface area contributed by atoms with E-state index in [1.54, 1.807) is 31.3 Å². The first kappa shape index (κ1) is 19.6. The predicted molar refractivity (Wildman–Crippen MR) is 101 cm³/mol. The Morgan fingerprint density at radius 1 is 1.12 bits per heavy atom. The number of hydrogen-bond donors (Lipinski definition) is 5. The van der Waals surface area contributed by atoms with E-state index >= 15 is 0 Å². The van der Waals surface area contributed by atoms with Crippen LogP contribution < -0.4 is 20.9 Å². The summed E-state index contributed by atoms with van der Waals surface area (Å²) in [6, 6.07) is 12.4. The molecule has 10 heteroatoms. The fourth-order valence-electron chi connectivity index (χ4n) is 1.97. The second-order valence-electron chi connectivity index (χ2n) is 5.15. The maximum absolute atomic E-state index is 12.4. The Morgan fingerprint density at radius 3 is 2.46 bits per heavy atom. The van der Waals surface area contributed by atoms with Crippen molar-refractivity contribution in [2.75, 3.05) is 7.05 Å². The van der Waals surface area contributed by atoms with Gasteiger partial charge in [-0.2, -0.15) is 0 Å². The SMILES string of the molecule is CNC(=S)NNC(=O)c1cc(S(=O)(=O)NCc2ccccc2)ccc1O. The molecule has 0 aliphatic rings. The lowest BCUT2D eigenvalue weighted by Crippen LogP contribution is -2.45. The van der Waals surface area contributed by atoms with Gasteiger partial charge < -0.3 is 10.4 Å². The topological polar surface area (TPSA) is 120 Å². The van der Waals surface area contributed by atoms with Gasteiger partial charge in [0.05, 0.1) is 10.5 Å². The first-order valence-electron chi connectivity index (χ1n) is 7.48. The van der Waals surface area contributed by atoms with Gasteiger partial charge in [0.2, 0.25) is 10.0 Å². The quantitative estimate of drug-likeness (QED) is 0.372. The highest BCUT2D eigenvalue weighted by atomic mass is 32.2. The van der Waals surface area contributed by atoms with E-state index in [2.05, 4.69) is 20.9 Å². The number of carbonyl (C=O) groups excluding carboxylic acids is 1. The summed E-state index contributed by atoms with van der Waals surface area (Å²) >= 11 is 4.82. The minimum absolute atomic E-state index is 0.101. The fourth-order valence-corrected chi connectivity index (χ4v) is 3.06. The summed E-state index contributed by atoms with van der Waals surface area (Å²) in [4.78, 5) is 12.0. The molecule has 2 aromatic rings. The molecule has 0 atom stereocenters. The van der Waals surface area contributed by atoms with Crippen LogP contribution in [0.15, 0.2) is 53.4 Å². The van der Waals surface area contributed by atoms with Crippen LogP contribution in [-0.4, -0.2) is 31.6 Å². The Balaban J connectivity index is 2.16. The van der Waals surface area contributed by atoms with E-state index in [9.17, 15) is 18.3 Å². The van der Waals surface area contributed by atoms with Crippen molar-refractivity contribution < 1.29 is 18.3 Å². The van der Waals surface area contributed by atoms with Gasteiger partial charge in [0.1, 0.15) is 5.75 Å². The van der Waals surface area contributed by atoms with Gasteiger partial charge in [-0.25, -0.2) is 13.1 Å². The Kier molecular flexibility index (Phi) is 6.50. The van der Waals surface area contributed by atoms with E-state index in [-0.39, 0.29) is 27.9 Å². The summed E-state index contributed by atoms with van der Waals surface area (Å²) in [5.74, 6) is -1.10. The zero-order valence-corrected chi connectivity index (χ0v) is 15.4. The molecule has 5 N–H and O–H groups in total. The molecule has 0 saturated heterocycles. The minimum atomic E-state index is -3.87. The van der Waals surface area contributed by atoms with Crippen LogP contribution in [-0.2, 0) is 16.6 Å². The van der Waals surface area contributed by atoms with Crippen LogP contribution in [0.3, 0.4) is 0 Å². The van der Waals surface area contributed by atoms with Crippen molar-refractivity contribution in [2.24, 2.45) is 0 Å². The van der Waals surface area contributed by atoms with Crippen molar-refractivity contribution in [3.63, 3.8) is 0 Å². The lowest BCUT2D eigenvalue weighted by atomic mass is 10.2. The van der Waals surface area contributed by atoms with Crippen LogP contribution in [0.2, 0.25) is 0 Å². The molecule has 0 heterocycles. The van der Waals surface area contributed by atoms with Crippen molar-refractivity contribution in [1.29, 1.82) is 0 Å². The Bertz CT molecular complexity index is 902. The molecule has 1 amide bonds. The lowest BCUT2D eigenvalue weighted by Gasteiger charge is -2.12. The molecule has 0 aromatic heterocycles. The number of nitrogens with one attached hydrogen (secondary N) is 4. The molecule has 26 heavy (non-hydrogen) atoms. The molecule has 0 saturated carbocycles. The monoisotopic (exact) mass is 394 g/mol. The van der Waals surface area contributed by atoms with Crippen LogP contribution in [0.1, 0.15) is 15.9 Å². The molecule has 0 fully saturated rings. The van der Waals surface area contributed by atoms with Crippen molar-refractivity contribution in [3.05, 3.63) is 59.7 Å².